The van der Waals surface area contributed by atoms with Crippen LogP contribution >= 0.6 is 11.6 Å². The number of aromatic amines is 1. The van der Waals surface area contributed by atoms with E-state index < -0.39 is 6.04 Å². The van der Waals surface area contributed by atoms with Gasteiger partial charge in [-0.2, -0.15) is 10.1 Å². The maximum atomic E-state index is 12.2. The first kappa shape index (κ1) is 17.9. The molecule has 136 valence electrons. The van der Waals surface area contributed by atoms with Crippen molar-refractivity contribution in [1.29, 1.82) is 0 Å². The number of ether oxygens (including phenoxy) is 1. The Morgan fingerprint density at radius 1 is 1.35 bits per heavy atom. The van der Waals surface area contributed by atoms with E-state index in [-0.39, 0.29) is 30.1 Å². The van der Waals surface area contributed by atoms with Gasteiger partial charge in [0, 0.05) is 5.02 Å². The van der Waals surface area contributed by atoms with Crippen LogP contribution in [0, 0.1) is 5.92 Å². The summed E-state index contributed by atoms with van der Waals surface area (Å²) in [6.07, 6.45) is 1.35. The fourth-order valence-electron chi connectivity index (χ4n) is 2.18. The molecule has 3 rings (SSSR count). The predicted octanol–water partition coefficient (Wildman–Crippen LogP) is 2.40. The van der Waals surface area contributed by atoms with E-state index in [4.69, 9.17) is 20.9 Å². The van der Waals surface area contributed by atoms with Gasteiger partial charge in [0.15, 0.2) is 12.4 Å². The highest BCUT2D eigenvalue weighted by atomic mass is 35.5. The Morgan fingerprint density at radius 3 is 2.77 bits per heavy atom. The molecule has 0 bridgehead atoms. The molecule has 1 unspecified atom stereocenters. The molecule has 0 aliphatic rings. The number of nitrogens with zero attached hydrogens (tertiary/aromatic N) is 4. The summed E-state index contributed by atoms with van der Waals surface area (Å²) in [6, 6.07) is 6.30. The van der Waals surface area contributed by atoms with Gasteiger partial charge in [-0.05, 0) is 30.2 Å². The van der Waals surface area contributed by atoms with E-state index >= 15 is 0 Å². The van der Waals surface area contributed by atoms with Crippen molar-refractivity contribution in [3.05, 3.63) is 41.5 Å². The molecule has 0 fully saturated rings. The van der Waals surface area contributed by atoms with Gasteiger partial charge >= 0.3 is 0 Å². The SMILES string of the molecule is CC(C)C(NC(=O)COc1ccc(Cl)cc1)c1nc(-c2ncn[nH]2)no1. The first-order valence-electron chi connectivity index (χ1n) is 7.90. The molecular formula is C16H17ClN6O3. The molecule has 0 saturated carbocycles. The van der Waals surface area contributed by atoms with Crippen molar-refractivity contribution in [2.45, 2.75) is 19.9 Å². The van der Waals surface area contributed by atoms with Crippen LogP contribution < -0.4 is 10.1 Å². The molecule has 0 spiro atoms. The van der Waals surface area contributed by atoms with Gasteiger partial charge < -0.3 is 14.6 Å². The van der Waals surface area contributed by atoms with Gasteiger partial charge in [-0.25, -0.2) is 4.98 Å². The topological polar surface area (TPSA) is 119 Å². The third-order valence-electron chi connectivity index (χ3n) is 3.50. The molecule has 0 saturated heterocycles. The van der Waals surface area contributed by atoms with Crippen molar-refractivity contribution in [3.63, 3.8) is 0 Å². The van der Waals surface area contributed by atoms with E-state index in [1.54, 1.807) is 24.3 Å². The van der Waals surface area contributed by atoms with Crippen LogP contribution in [0.3, 0.4) is 0 Å². The molecule has 26 heavy (non-hydrogen) atoms. The van der Waals surface area contributed by atoms with Crippen LogP contribution in [0.2, 0.25) is 5.02 Å². The monoisotopic (exact) mass is 376 g/mol. The Labute approximate surface area is 154 Å². The number of halogens is 1. The lowest BCUT2D eigenvalue weighted by Gasteiger charge is -2.18. The number of benzene rings is 1. The number of rotatable bonds is 7. The number of amides is 1. The van der Waals surface area contributed by atoms with Crippen LogP contribution in [0.5, 0.6) is 5.75 Å². The summed E-state index contributed by atoms with van der Waals surface area (Å²) >= 11 is 5.82. The zero-order chi connectivity index (χ0) is 18.5. The first-order valence-corrected chi connectivity index (χ1v) is 8.28. The van der Waals surface area contributed by atoms with Crippen molar-refractivity contribution < 1.29 is 14.1 Å². The zero-order valence-corrected chi connectivity index (χ0v) is 14.9. The van der Waals surface area contributed by atoms with Crippen LogP contribution in [0.1, 0.15) is 25.8 Å². The molecule has 2 heterocycles. The summed E-state index contributed by atoms with van der Waals surface area (Å²) in [5.74, 6) is 1.22. The van der Waals surface area contributed by atoms with Gasteiger partial charge in [-0.1, -0.05) is 30.6 Å². The van der Waals surface area contributed by atoms with E-state index in [0.717, 1.165) is 0 Å². The van der Waals surface area contributed by atoms with Crippen molar-refractivity contribution in [1.82, 2.24) is 30.6 Å². The number of H-pyrrole nitrogens is 1. The standard InChI is InChI=1S/C16H17ClN6O3/c1-9(2)13(16-21-15(23-26-16)14-18-8-19-22-14)20-12(24)7-25-11-5-3-10(17)4-6-11/h3-6,8-9,13H,7H2,1-2H3,(H,20,24)(H,18,19,22). The van der Waals surface area contributed by atoms with Crippen LogP contribution in [0.25, 0.3) is 11.6 Å². The highest BCUT2D eigenvalue weighted by molar-refractivity contribution is 6.30. The quantitative estimate of drug-likeness (QED) is 0.649. The van der Waals surface area contributed by atoms with Crippen LogP contribution in [0.4, 0.5) is 0 Å². The van der Waals surface area contributed by atoms with Gasteiger partial charge in [0.1, 0.15) is 18.1 Å². The average molecular weight is 377 g/mol. The molecule has 1 aromatic carbocycles. The van der Waals surface area contributed by atoms with Crippen LogP contribution in [-0.4, -0.2) is 37.8 Å². The van der Waals surface area contributed by atoms with Gasteiger partial charge in [0.05, 0.1) is 0 Å². The van der Waals surface area contributed by atoms with Gasteiger partial charge in [-0.15, -0.1) is 0 Å². The Morgan fingerprint density at radius 2 is 2.12 bits per heavy atom. The number of nitrogens with one attached hydrogen (secondary N) is 2. The average Bonchev–Trinajstić information content (AvgIpc) is 3.30. The molecule has 2 aromatic heterocycles. The zero-order valence-electron chi connectivity index (χ0n) is 14.1. The Balaban J connectivity index is 1.63. The lowest BCUT2D eigenvalue weighted by Crippen LogP contribution is -2.35. The molecule has 2 N–H and O–H groups in total. The number of hydrogen-bond acceptors (Lipinski definition) is 7. The molecule has 0 aliphatic carbocycles. The normalized spacial score (nSPS) is 12.2. The van der Waals surface area contributed by atoms with E-state index in [9.17, 15) is 4.79 Å². The molecule has 10 heteroatoms. The molecule has 0 radical (unpaired) electrons. The van der Waals surface area contributed by atoms with Crippen molar-refractivity contribution in [3.8, 4) is 17.4 Å². The van der Waals surface area contributed by atoms with E-state index in [1.165, 1.54) is 6.33 Å². The molecule has 1 atom stereocenters. The van der Waals surface area contributed by atoms with Crippen molar-refractivity contribution >= 4 is 17.5 Å². The molecular weight excluding hydrogens is 360 g/mol. The minimum atomic E-state index is -0.458. The lowest BCUT2D eigenvalue weighted by molar-refractivity contribution is -0.124. The fraction of sp³-hybridized carbons (Fsp3) is 0.312. The molecule has 3 aromatic rings. The largest absolute Gasteiger partial charge is 0.484 e. The maximum absolute atomic E-state index is 12.2. The fourth-order valence-corrected chi connectivity index (χ4v) is 2.31. The molecule has 1 amide bonds. The molecule has 9 nitrogen and oxygen atoms in total. The second-order valence-electron chi connectivity index (χ2n) is 5.82. The predicted molar refractivity (Wildman–Crippen MR) is 92.3 cm³/mol. The smallest absolute Gasteiger partial charge is 0.258 e. The van der Waals surface area contributed by atoms with E-state index in [2.05, 4.69) is 30.6 Å². The number of aromatic nitrogens is 5. The van der Waals surface area contributed by atoms with Crippen LogP contribution in [-0.2, 0) is 4.79 Å². The Hall–Kier alpha value is -2.94. The van der Waals surface area contributed by atoms with Gasteiger partial charge in [-0.3, -0.25) is 9.89 Å². The summed E-state index contributed by atoms with van der Waals surface area (Å²) in [5, 5.41) is 13.7. The summed E-state index contributed by atoms with van der Waals surface area (Å²) in [5.41, 5.74) is 0. The van der Waals surface area contributed by atoms with Crippen LogP contribution in [0.15, 0.2) is 35.1 Å². The molecule has 0 aliphatic heterocycles. The van der Waals surface area contributed by atoms with Gasteiger partial charge in [0.2, 0.25) is 11.7 Å². The Kier molecular flexibility index (Phi) is 5.47. The summed E-state index contributed by atoms with van der Waals surface area (Å²) < 4.78 is 10.7. The number of carbonyl (C=O) groups excluding carboxylic acids is 1. The lowest BCUT2D eigenvalue weighted by atomic mass is 10.0. The van der Waals surface area contributed by atoms with Gasteiger partial charge in [0.25, 0.3) is 5.91 Å². The third-order valence-corrected chi connectivity index (χ3v) is 3.75. The van der Waals surface area contributed by atoms with E-state index in [0.29, 0.717) is 16.6 Å². The minimum absolute atomic E-state index is 0.0255. The first-order chi connectivity index (χ1) is 12.5. The van der Waals surface area contributed by atoms with Crippen molar-refractivity contribution in [2.24, 2.45) is 5.92 Å². The summed E-state index contributed by atoms with van der Waals surface area (Å²) in [7, 11) is 0. The second-order valence-corrected chi connectivity index (χ2v) is 6.26. The second kappa shape index (κ2) is 7.96. The highest BCUT2D eigenvalue weighted by Gasteiger charge is 2.25. The number of hydrogen-bond donors (Lipinski definition) is 2. The number of carbonyl (C=O) groups is 1. The summed E-state index contributed by atoms with van der Waals surface area (Å²) in [6.45, 7) is 3.72. The maximum Gasteiger partial charge on any atom is 0.258 e. The minimum Gasteiger partial charge on any atom is -0.484 e. The Bertz CT molecular complexity index is 847. The van der Waals surface area contributed by atoms with Crippen molar-refractivity contribution in [2.75, 3.05) is 6.61 Å². The van der Waals surface area contributed by atoms with E-state index in [1.807, 2.05) is 13.8 Å². The third kappa shape index (κ3) is 4.37. The summed E-state index contributed by atoms with van der Waals surface area (Å²) in [4.78, 5) is 20.5. The highest BCUT2D eigenvalue weighted by Crippen LogP contribution is 2.22.